The lowest BCUT2D eigenvalue weighted by molar-refractivity contribution is 0.102. The zero-order valence-electron chi connectivity index (χ0n) is 15.6. The van der Waals surface area contributed by atoms with Crippen LogP contribution in [0, 0.1) is 12.7 Å². The molecule has 29 heavy (non-hydrogen) atoms. The third-order valence-corrected chi connectivity index (χ3v) is 4.57. The first-order valence-electron chi connectivity index (χ1n) is 8.98. The van der Waals surface area contributed by atoms with Gasteiger partial charge in [0.25, 0.3) is 11.5 Å². The Morgan fingerprint density at radius 2 is 1.97 bits per heavy atom. The molecule has 4 aromatic rings. The standard InChI is InChI=1S/C22H17FN4O2/c1-14-18(21(28)26-17-6-4-16(23)5-7-17)11-19-20(25-14)8-10-27(22(19)29)13-15-3-2-9-24-12-15/h2-12H,13H2,1H3,(H,26,28). The van der Waals surface area contributed by atoms with Gasteiger partial charge in [-0.15, -0.1) is 0 Å². The van der Waals surface area contributed by atoms with Crippen LogP contribution in [0.15, 0.2) is 71.9 Å². The molecule has 1 aromatic carbocycles. The Balaban J connectivity index is 1.70. The second-order valence-electron chi connectivity index (χ2n) is 6.63. The lowest BCUT2D eigenvalue weighted by atomic mass is 10.1. The van der Waals surface area contributed by atoms with Gasteiger partial charge in [-0.3, -0.25) is 19.6 Å². The van der Waals surface area contributed by atoms with Gasteiger partial charge in [-0.25, -0.2) is 4.39 Å². The number of hydrogen-bond donors (Lipinski definition) is 1. The predicted octanol–water partition coefficient (Wildman–Crippen LogP) is 3.54. The SMILES string of the molecule is Cc1nc2ccn(Cc3cccnc3)c(=O)c2cc1C(=O)Nc1ccc(F)cc1. The maximum Gasteiger partial charge on any atom is 0.260 e. The highest BCUT2D eigenvalue weighted by Gasteiger charge is 2.14. The van der Waals surface area contributed by atoms with Gasteiger partial charge in [0.1, 0.15) is 5.82 Å². The Kier molecular flexibility index (Phi) is 4.87. The minimum absolute atomic E-state index is 0.241. The second kappa shape index (κ2) is 7.63. The monoisotopic (exact) mass is 388 g/mol. The lowest BCUT2D eigenvalue weighted by Gasteiger charge is -2.11. The molecule has 3 aromatic heterocycles. The van der Waals surface area contributed by atoms with E-state index in [1.165, 1.54) is 24.3 Å². The summed E-state index contributed by atoms with van der Waals surface area (Å²) >= 11 is 0. The highest BCUT2D eigenvalue weighted by molar-refractivity contribution is 6.06. The van der Waals surface area contributed by atoms with Crippen molar-refractivity contribution in [3.63, 3.8) is 0 Å². The summed E-state index contributed by atoms with van der Waals surface area (Å²) in [5.74, 6) is -0.800. The van der Waals surface area contributed by atoms with Crippen molar-refractivity contribution in [2.24, 2.45) is 0 Å². The smallest absolute Gasteiger partial charge is 0.260 e. The highest BCUT2D eigenvalue weighted by Crippen LogP contribution is 2.16. The Morgan fingerprint density at radius 1 is 1.17 bits per heavy atom. The van der Waals surface area contributed by atoms with Crippen molar-refractivity contribution in [1.29, 1.82) is 0 Å². The summed E-state index contributed by atoms with van der Waals surface area (Å²) in [6.07, 6.45) is 5.05. The summed E-state index contributed by atoms with van der Waals surface area (Å²) in [5, 5.41) is 3.06. The average molecular weight is 388 g/mol. The van der Waals surface area contributed by atoms with Gasteiger partial charge in [0.2, 0.25) is 0 Å². The molecule has 0 spiro atoms. The lowest BCUT2D eigenvalue weighted by Crippen LogP contribution is -2.22. The predicted molar refractivity (Wildman–Crippen MR) is 108 cm³/mol. The number of benzene rings is 1. The maximum absolute atomic E-state index is 13.1. The average Bonchev–Trinajstić information content (AvgIpc) is 2.72. The van der Waals surface area contributed by atoms with E-state index < -0.39 is 5.91 Å². The number of pyridine rings is 3. The van der Waals surface area contributed by atoms with Crippen LogP contribution in [0.3, 0.4) is 0 Å². The molecule has 0 saturated carbocycles. The van der Waals surface area contributed by atoms with Gasteiger partial charge in [-0.1, -0.05) is 6.07 Å². The van der Waals surface area contributed by atoms with Crippen molar-refractivity contribution in [2.45, 2.75) is 13.5 Å². The van der Waals surface area contributed by atoms with Crippen molar-refractivity contribution in [2.75, 3.05) is 5.32 Å². The number of rotatable bonds is 4. The topological polar surface area (TPSA) is 76.9 Å². The van der Waals surface area contributed by atoms with Gasteiger partial charge in [-0.05, 0) is 55.0 Å². The first-order valence-corrected chi connectivity index (χ1v) is 8.98. The molecule has 0 atom stereocenters. The second-order valence-corrected chi connectivity index (χ2v) is 6.63. The van der Waals surface area contributed by atoms with Crippen molar-refractivity contribution < 1.29 is 9.18 Å². The van der Waals surface area contributed by atoms with Crippen LogP contribution in [-0.2, 0) is 6.54 Å². The Labute approximate surface area is 165 Å². The normalized spacial score (nSPS) is 10.8. The largest absolute Gasteiger partial charge is 0.322 e. The molecule has 0 radical (unpaired) electrons. The minimum atomic E-state index is -0.412. The van der Waals surface area contributed by atoms with Crippen molar-refractivity contribution >= 4 is 22.5 Å². The summed E-state index contributed by atoms with van der Waals surface area (Å²) < 4.78 is 14.6. The summed E-state index contributed by atoms with van der Waals surface area (Å²) in [7, 11) is 0. The Morgan fingerprint density at radius 3 is 2.69 bits per heavy atom. The molecule has 4 rings (SSSR count). The molecule has 0 aliphatic heterocycles. The summed E-state index contributed by atoms with van der Waals surface area (Å²) in [4.78, 5) is 34.1. The van der Waals surface area contributed by atoms with Crippen LogP contribution >= 0.6 is 0 Å². The van der Waals surface area contributed by atoms with Crippen molar-refractivity contribution in [1.82, 2.24) is 14.5 Å². The van der Waals surface area contributed by atoms with Crippen molar-refractivity contribution in [3.05, 3.63) is 100 Å². The number of carbonyl (C=O) groups excluding carboxylic acids is 1. The van der Waals surface area contributed by atoms with E-state index in [4.69, 9.17) is 0 Å². The zero-order chi connectivity index (χ0) is 20.4. The van der Waals surface area contributed by atoms with Crippen LogP contribution in [-0.4, -0.2) is 20.4 Å². The summed E-state index contributed by atoms with van der Waals surface area (Å²) in [5.41, 5.74) is 2.42. The molecule has 144 valence electrons. The van der Waals surface area contributed by atoms with Crippen molar-refractivity contribution in [3.8, 4) is 0 Å². The molecule has 0 aliphatic carbocycles. The van der Waals surface area contributed by atoms with Gasteiger partial charge in [0.15, 0.2) is 0 Å². The molecule has 3 heterocycles. The number of carbonyl (C=O) groups is 1. The number of aromatic nitrogens is 3. The number of amides is 1. The molecule has 6 nitrogen and oxygen atoms in total. The van der Waals surface area contributed by atoms with Crippen LogP contribution in [0.25, 0.3) is 10.9 Å². The number of fused-ring (bicyclic) bond motifs is 1. The number of aryl methyl sites for hydroxylation is 1. The van der Waals surface area contributed by atoms with E-state index >= 15 is 0 Å². The molecule has 0 unspecified atom stereocenters. The fourth-order valence-electron chi connectivity index (χ4n) is 3.08. The van der Waals surface area contributed by atoms with Gasteiger partial charge >= 0.3 is 0 Å². The Bertz CT molecular complexity index is 1250. The van der Waals surface area contributed by atoms with Gasteiger partial charge in [0.05, 0.1) is 28.7 Å². The van der Waals surface area contributed by atoms with E-state index in [9.17, 15) is 14.0 Å². The third-order valence-electron chi connectivity index (χ3n) is 4.57. The molecule has 1 N–H and O–H groups in total. The van der Waals surface area contributed by atoms with Crippen LogP contribution in [0.5, 0.6) is 0 Å². The van der Waals surface area contributed by atoms with Crippen LogP contribution < -0.4 is 10.9 Å². The summed E-state index contributed by atoms with van der Waals surface area (Å²) in [6, 6.07) is 12.5. The van der Waals surface area contributed by atoms with Gasteiger partial charge in [-0.2, -0.15) is 0 Å². The maximum atomic E-state index is 13.1. The number of anilines is 1. The molecule has 0 fully saturated rings. The first-order chi connectivity index (χ1) is 14.0. The van der Waals surface area contributed by atoms with E-state index in [2.05, 4.69) is 15.3 Å². The number of halogens is 1. The third kappa shape index (κ3) is 3.89. The molecule has 0 aliphatic rings. The quantitative estimate of drug-likeness (QED) is 0.580. The number of hydrogen-bond acceptors (Lipinski definition) is 4. The van der Waals surface area contributed by atoms with E-state index in [0.717, 1.165) is 5.56 Å². The van der Waals surface area contributed by atoms with Gasteiger partial charge < -0.3 is 9.88 Å². The van der Waals surface area contributed by atoms with Crippen LogP contribution in [0.4, 0.5) is 10.1 Å². The molecule has 0 bridgehead atoms. The fourth-order valence-corrected chi connectivity index (χ4v) is 3.08. The molecule has 1 amide bonds. The zero-order valence-corrected chi connectivity index (χ0v) is 15.6. The summed E-state index contributed by atoms with van der Waals surface area (Å²) in [6.45, 7) is 2.08. The Hall–Kier alpha value is -3.87. The fraction of sp³-hybridized carbons (Fsp3) is 0.0909. The number of nitrogens with one attached hydrogen (secondary N) is 1. The van der Waals surface area contributed by atoms with E-state index in [1.807, 2.05) is 12.1 Å². The van der Waals surface area contributed by atoms with E-state index in [1.54, 1.807) is 42.2 Å². The van der Waals surface area contributed by atoms with Crippen LogP contribution in [0.1, 0.15) is 21.6 Å². The molecular weight excluding hydrogens is 371 g/mol. The van der Waals surface area contributed by atoms with Crippen LogP contribution in [0.2, 0.25) is 0 Å². The van der Waals surface area contributed by atoms with E-state index in [0.29, 0.717) is 28.8 Å². The first kappa shape index (κ1) is 18.5. The number of nitrogens with zero attached hydrogens (tertiary/aromatic N) is 3. The minimum Gasteiger partial charge on any atom is -0.322 e. The van der Waals surface area contributed by atoms with E-state index in [-0.39, 0.29) is 16.9 Å². The van der Waals surface area contributed by atoms with Gasteiger partial charge in [0, 0.05) is 24.3 Å². The molecule has 7 heteroatoms. The molecule has 0 saturated heterocycles. The molecular formula is C22H17FN4O2. The highest BCUT2D eigenvalue weighted by atomic mass is 19.1.